The van der Waals surface area contributed by atoms with E-state index in [0.29, 0.717) is 39.2 Å². The van der Waals surface area contributed by atoms with Crippen molar-refractivity contribution in [3.8, 4) is 22.6 Å². The first-order valence-electron chi connectivity index (χ1n) is 12.7. The maximum absolute atomic E-state index is 14.7. The van der Waals surface area contributed by atoms with Crippen LogP contribution in [0.25, 0.3) is 11.1 Å². The molecule has 1 aliphatic carbocycles. The number of aliphatic carboxylic acids is 1. The highest BCUT2D eigenvalue weighted by Crippen LogP contribution is 2.40. The Morgan fingerprint density at radius 3 is 2.59 bits per heavy atom. The number of carboxylic acid groups (broad SMARTS) is 1. The lowest BCUT2D eigenvalue weighted by Gasteiger charge is -2.17. The van der Waals surface area contributed by atoms with E-state index >= 15 is 0 Å². The molecule has 1 saturated carbocycles. The summed E-state index contributed by atoms with van der Waals surface area (Å²) in [5.41, 5.74) is 2.71. The number of rotatable bonds is 13. The molecule has 1 N–H and O–H groups in total. The molecule has 0 aromatic heterocycles. The van der Waals surface area contributed by atoms with Gasteiger partial charge in [-0.15, -0.1) is 0 Å². The van der Waals surface area contributed by atoms with Gasteiger partial charge >= 0.3 is 5.97 Å². The Balaban J connectivity index is 1.56. The van der Waals surface area contributed by atoms with Crippen LogP contribution < -0.4 is 9.47 Å². The highest BCUT2D eigenvalue weighted by Gasteiger charge is 2.28. The summed E-state index contributed by atoms with van der Waals surface area (Å²) in [5.74, 6) is 1.03. The van der Waals surface area contributed by atoms with Gasteiger partial charge in [-0.2, -0.15) is 0 Å². The van der Waals surface area contributed by atoms with Crippen molar-refractivity contribution < 1.29 is 28.0 Å². The highest BCUT2D eigenvalue weighted by molar-refractivity contribution is 7.85. The zero-order chi connectivity index (χ0) is 26.4. The van der Waals surface area contributed by atoms with Gasteiger partial charge in [-0.1, -0.05) is 44.0 Å². The smallest absolute Gasteiger partial charge is 0.303 e. The van der Waals surface area contributed by atoms with Gasteiger partial charge in [0.25, 0.3) is 0 Å². The maximum Gasteiger partial charge on any atom is 0.303 e. The molecule has 37 heavy (non-hydrogen) atoms. The summed E-state index contributed by atoms with van der Waals surface area (Å²) in [6.45, 7) is 2.21. The molecule has 1 fully saturated rings. The molecule has 1 aliphatic rings. The second-order valence-electron chi connectivity index (χ2n) is 9.56. The molecule has 3 aromatic rings. The Labute approximate surface area is 220 Å². The van der Waals surface area contributed by atoms with Gasteiger partial charge in [0.2, 0.25) is 0 Å². The van der Waals surface area contributed by atoms with E-state index in [1.807, 2.05) is 43.3 Å². The Hall–Kier alpha value is -3.19. The summed E-state index contributed by atoms with van der Waals surface area (Å²) < 4.78 is 39.2. The van der Waals surface area contributed by atoms with Crippen LogP contribution in [0.1, 0.15) is 56.1 Å². The van der Waals surface area contributed by atoms with Crippen LogP contribution in [0.2, 0.25) is 0 Å². The third-order valence-corrected chi connectivity index (χ3v) is 8.22. The topological polar surface area (TPSA) is 72.8 Å². The monoisotopic (exact) mass is 524 g/mol. The van der Waals surface area contributed by atoms with Crippen molar-refractivity contribution in [3.05, 3.63) is 77.6 Å². The fraction of sp³-hybridized carbons (Fsp3) is 0.367. The van der Waals surface area contributed by atoms with Gasteiger partial charge in [0, 0.05) is 21.8 Å². The zero-order valence-corrected chi connectivity index (χ0v) is 22.1. The van der Waals surface area contributed by atoms with E-state index in [1.54, 1.807) is 18.2 Å². The molecule has 4 rings (SSSR count). The van der Waals surface area contributed by atoms with Gasteiger partial charge in [0.1, 0.15) is 23.9 Å². The van der Waals surface area contributed by atoms with Crippen LogP contribution in [0.4, 0.5) is 4.39 Å². The van der Waals surface area contributed by atoms with Gasteiger partial charge in [0.15, 0.2) is 0 Å². The fourth-order valence-corrected chi connectivity index (χ4v) is 5.83. The predicted molar refractivity (Wildman–Crippen MR) is 143 cm³/mol. The molecular formula is C30H33FO5S. The van der Waals surface area contributed by atoms with Crippen LogP contribution in [-0.2, 0) is 22.2 Å². The predicted octanol–water partition coefficient (Wildman–Crippen LogP) is 6.96. The number of benzene rings is 3. The van der Waals surface area contributed by atoms with Crippen molar-refractivity contribution in [1.82, 2.24) is 0 Å². The van der Waals surface area contributed by atoms with Crippen molar-refractivity contribution in [2.75, 3.05) is 12.9 Å². The summed E-state index contributed by atoms with van der Waals surface area (Å²) in [5, 5.41) is 9.37. The summed E-state index contributed by atoms with van der Waals surface area (Å²) in [4.78, 5) is 12.0. The van der Waals surface area contributed by atoms with Gasteiger partial charge < -0.3 is 14.6 Å². The number of hydrogen-bond donors (Lipinski definition) is 1. The van der Waals surface area contributed by atoms with E-state index in [0.717, 1.165) is 24.0 Å². The Morgan fingerprint density at radius 2 is 1.89 bits per heavy atom. The van der Waals surface area contributed by atoms with Gasteiger partial charge in [-0.05, 0) is 72.2 Å². The Kier molecular flexibility index (Phi) is 8.98. The van der Waals surface area contributed by atoms with Crippen molar-refractivity contribution in [3.63, 3.8) is 0 Å². The van der Waals surface area contributed by atoms with E-state index in [4.69, 9.17) is 9.47 Å². The minimum atomic E-state index is -1.30. The fourth-order valence-electron chi connectivity index (χ4n) is 4.53. The van der Waals surface area contributed by atoms with Crippen LogP contribution >= 0.6 is 0 Å². The van der Waals surface area contributed by atoms with E-state index in [2.05, 4.69) is 0 Å². The number of carbonyl (C=O) groups is 1. The van der Waals surface area contributed by atoms with Crippen LogP contribution in [0.3, 0.4) is 0 Å². The summed E-state index contributed by atoms with van der Waals surface area (Å²) >= 11 is 0. The third-order valence-electron chi connectivity index (χ3n) is 6.62. The normalized spacial score (nSPS) is 14.7. The first-order valence-corrected chi connectivity index (χ1v) is 14.0. The van der Waals surface area contributed by atoms with E-state index < -0.39 is 22.6 Å². The second-order valence-corrected chi connectivity index (χ2v) is 11.1. The van der Waals surface area contributed by atoms with Crippen molar-refractivity contribution in [2.24, 2.45) is 5.92 Å². The lowest BCUT2D eigenvalue weighted by Crippen LogP contribution is -2.08. The molecule has 0 radical (unpaired) electrons. The standard InChI is InChI=1S/C30H33FO5S/c1-3-13-37(34)29-15-21(9-11-26(29)27-18-24(35-2)10-12-28(27)31)19-36-25-6-4-5-22(16-25)23(17-30(32)33)14-20-7-8-20/h4-6,9-12,15-16,18,20,23H,3,7-8,13-14,17,19H2,1-2H3,(H,32,33)/t23-,37?/m1/s1. The van der Waals surface area contributed by atoms with E-state index in [-0.39, 0.29) is 18.9 Å². The van der Waals surface area contributed by atoms with Crippen molar-refractivity contribution in [2.45, 2.75) is 56.4 Å². The lowest BCUT2D eigenvalue weighted by molar-refractivity contribution is -0.137. The van der Waals surface area contributed by atoms with E-state index in [9.17, 15) is 18.5 Å². The molecule has 0 amide bonds. The van der Waals surface area contributed by atoms with Crippen LogP contribution in [0.15, 0.2) is 65.6 Å². The maximum atomic E-state index is 14.7. The first kappa shape index (κ1) is 26.9. The molecule has 0 heterocycles. The molecule has 2 atom stereocenters. The summed E-state index contributed by atoms with van der Waals surface area (Å²) in [6.07, 6.45) is 4.06. The minimum absolute atomic E-state index is 0.0336. The average Bonchev–Trinajstić information content (AvgIpc) is 3.71. The number of carboxylic acids is 1. The first-order chi connectivity index (χ1) is 17.9. The molecule has 196 valence electrons. The third kappa shape index (κ3) is 7.19. The Bertz CT molecular complexity index is 1270. The Morgan fingerprint density at radius 1 is 1.08 bits per heavy atom. The zero-order valence-electron chi connectivity index (χ0n) is 21.2. The minimum Gasteiger partial charge on any atom is -0.497 e. The molecule has 0 saturated heterocycles. The summed E-state index contributed by atoms with van der Waals surface area (Å²) in [7, 11) is 0.221. The quantitative estimate of drug-likeness (QED) is 0.262. The van der Waals surface area contributed by atoms with Gasteiger partial charge in [0.05, 0.1) is 24.3 Å². The van der Waals surface area contributed by atoms with Crippen molar-refractivity contribution >= 4 is 16.8 Å². The molecular weight excluding hydrogens is 491 g/mol. The molecule has 5 nitrogen and oxygen atoms in total. The lowest BCUT2D eigenvalue weighted by atomic mass is 9.90. The van der Waals surface area contributed by atoms with Gasteiger partial charge in [-0.25, -0.2) is 4.39 Å². The SMILES string of the molecule is CCCS(=O)c1cc(COc2cccc([C@@H](CC(=O)O)CC3CC3)c2)ccc1-c1cc(OC)ccc1F. The summed E-state index contributed by atoms with van der Waals surface area (Å²) in [6, 6.07) is 17.6. The number of hydrogen-bond acceptors (Lipinski definition) is 4. The second kappa shape index (κ2) is 12.4. The molecule has 0 spiro atoms. The average molecular weight is 525 g/mol. The molecule has 0 bridgehead atoms. The van der Waals surface area contributed by atoms with Crippen LogP contribution in [0.5, 0.6) is 11.5 Å². The van der Waals surface area contributed by atoms with Crippen LogP contribution in [0, 0.1) is 11.7 Å². The number of ether oxygens (including phenoxy) is 2. The molecule has 0 aliphatic heterocycles. The highest BCUT2D eigenvalue weighted by atomic mass is 32.2. The van der Waals surface area contributed by atoms with Gasteiger partial charge in [-0.3, -0.25) is 9.00 Å². The molecule has 7 heteroatoms. The van der Waals surface area contributed by atoms with Crippen molar-refractivity contribution in [1.29, 1.82) is 0 Å². The largest absolute Gasteiger partial charge is 0.497 e. The molecule has 1 unspecified atom stereocenters. The van der Waals surface area contributed by atoms with Crippen LogP contribution in [-0.4, -0.2) is 28.1 Å². The number of halogens is 1. The molecule has 3 aromatic carbocycles. The number of methoxy groups -OCH3 is 1. The van der Waals surface area contributed by atoms with E-state index in [1.165, 1.54) is 26.0 Å².